The minimum Gasteiger partial charge on any atom is -0.456 e. The molecule has 3 N–H and O–H groups in total. The lowest BCUT2D eigenvalue weighted by molar-refractivity contribution is 0.100. The Bertz CT molecular complexity index is 624. The minimum absolute atomic E-state index is 0.431. The van der Waals surface area contributed by atoms with E-state index in [-0.39, 0.29) is 0 Å². The van der Waals surface area contributed by atoms with Gasteiger partial charge in [-0.05, 0) is 64.8 Å². The van der Waals surface area contributed by atoms with Gasteiger partial charge in [0.05, 0.1) is 10.6 Å². The number of nitrogens with two attached hydrogens (primary N) is 1. The molecule has 2 aromatic carbocycles. The van der Waals surface area contributed by atoms with Crippen LogP contribution in [0.3, 0.4) is 0 Å². The Morgan fingerprint density at radius 3 is 2.40 bits per heavy atom. The first-order valence-corrected chi connectivity index (χ1v) is 6.82. The van der Waals surface area contributed by atoms with E-state index >= 15 is 0 Å². The minimum atomic E-state index is -0.532. The molecular formula is C15H14BrNO3. The SMILES string of the molecule is C[C@H](O)c1ccc(Oc2ccc(C(N)=O)cc2)c(Br)c1. The largest absolute Gasteiger partial charge is 0.456 e. The number of ether oxygens (including phenoxy) is 1. The Hall–Kier alpha value is -1.85. The van der Waals surface area contributed by atoms with Gasteiger partial charge in [-0.3, -0.25) is 4.79 Å². The molecule has 0 aromatic heterocycles. The summed E-state index contributed by atoms with van der Waals surface area (Å²) in [4.78, 5) is 11.0. The Labute approximate surface area is 125 Å². The number of hydrogen-bond acceptors (Lipinski definition) is 3. The van der Waals surface area contributed by atoms with Gasteiger partial charge in [-0.15, -0.1) is 0 Å². The molecule has 1 atom stereocenters. The lowest BCUT2D eigenvalue weighted by Crippen LogP contribution is -2.10. The summed E-state index contributed by atoms with van der Waals surface area (Å²) in [5.41, 5.74) is 6.41. The summed E-state index contributed by atoms with van der Waals surface area (Å²) in [5, 5.41) is 9.51. The molecule has 0 saturated carbocycles. The number of carbonyl (C=O) groups excluding carboxylic acids is 1. The molecule has 0 spiro atoms. The van der Waals surface area contributed by atoms with Gasteiger partial charge in [-0.25, -0.2) is 0 Å². The Balaban J connectivity index is 2.19. The van der Waals surface area contributed by atoms with Crippen LogP contribution in [0.2, 0.25) is 0 Å². The first kappa shape index (κ1) is 14.6. The van der Waals surface area contributed by atoms with E-state index in [1.54, 1.807) is 49.4 Å². The van der Waals surface area contributed by atoms with Crippen LogP contribution in [0.25, 0.3) is 0 Å². The van der Waals surface area contributed by atoms with Crippen LogP contribution in [-0.2, 0) is 0 Å². The maximum Gasteiger partial charge on any atom is 0.248 e. The number of halogens is 1. The van der Waals surface area contributed by atoms with Gasteiger partial charge in [0.1, 0.15) is 11.5 Å². The van der Waals surface area contributed by atoms with Gasteiger partial charge in [0.2, 0.25) is 5.91 Å². The summed E-state index contributed by atoms with van der Waals surface area (Å²) >= 11 is 3.40. The molecule has 0 saturated heterocycles. The van der Waals surface area contributed by atoms with E-state index in [0.717, 1.165) is 10.0 Å². The van der Waals surface area contributed by atoms with E-state index in [4.69, 9.17) is 10.5 Å². The topological polar surface area (TPSA) is 72.6 Å². The van der Waals surface area contributed by atoms with E-state index in [9.17, 15) is 9.90 Å². The zero-order valence-corrected chi connectivity index (χ0v) is 12.4. The normalized spacial score (nSPS) is 11.9. The molecule has 4 nitrogen and oxygen atoms in total. The van der Waals surface area contributed by atoms with Gasteiger partial charge in [0.15, 0.2) is 0 Å². The van der Waals surface area contributed by atoms with E-state index in [1.807, 2.05) is 0 Å². The van der Waals surface area contributed by atoms with Crippen LogP contribution < -0.4 is 10.5 Å². The number of rotatable bonds is 4. The van der Waals surface area contributed by atoms with Gasteiger partial charge in [0, 0.05) is 5.56 Å². The molecule has 0 bridgehead atoms. The molecule has 0 unspecified atom stereocenters. The summed E-state index contributed by atoms with van der Waals surface area (Å²) in [6.07, 6.45) is -0.532. The first-order chi connectivity index (χ1) is 9.47. The fourth-order valence-electron chi connectivity index (χ4n) is 1.67. The van der Waals surface area contributed by atoms with E-state index in [1.165, 1.54) is 0 Å². The van der Waals surface area contributed by atoms with Crippen molar-refractivity contribution >= 4 is 21.8 Å². The zero-order chi connectivity index (χ0) is 14.7. The highest BCUT2D eigenvalue weighted by molar-refractivity contribution is 9.10. The van der Waals surface area contributed by atoms with Crippen LogP contribution in [0, 0.1) is 0 Å². The molecule has 20 heavy (non-hydrogen) atoms. The number of primary amides is 1. The molecule has 0 radical (unpaired) electrons. The summed E-state index contributed by atoms with van der Waals surface area (Å²) in [6, 6.07) is 11.9. The first-order valence-electron chi connectivity index (χ1n) is 6.02. The molecule has 0 fully saturated rings. The van der Waals surface area contributed by atoms with Crippen molar-refractivity contribution in [2.75, 3.05) is 0 Å². The van der Waals surface area contributed by atoms with Crippen molar-refractivity contribution in [3.05, 3.63) is 58.1 Å². The number of carbonyl (C=O) groups is 1. The van der Waals surface area contributed by atoms with Crippen molar-refractivity contribution < 1.29 is 14.6 Å². The highest BCUT2D eigenvalue weighted by atomic mass is 79.9. The number of aliphatic hydroxyl groups excluding tert-OH is 1. The molecular weight excluding hydrogens is 322 g/mol. The Morgan fingerprint density at radius 1 is 1.25 bits per heavy atom. The van der Waals surface area contributed by atoms with Crippen LogP contribution in [0.4, 0.5) is 0 Å². The summed E-state index contributed by atoms with van der Waals surface area (Å²) < 4.78 is 6.44. The lowest BCUT2D eigenvalue weighted by Gasteiger charge is -2.11. The van der Waals surface area contributed by atoms with Crippen molar-refractivity contribution in [1.29, 1.82) is 0 Å². The molecule has 2 rings (SSSR count). The average molecular weight is 336 g/mol. The molecule has 0 aliphatic carbocycles. The van der Waals surface area contributed by atoms with Gasteiger partial charge in [-0.2, -0.15) is 0 Å². The van der Waals surface area contributed by atoms with Gasteiger partial charge in [-0.1, -0.05) is 6.07 Å². The smallest absolute Gasteiger partial charge is 0.248 e. The fraction of sp³-hybridized carbons (Fsp3) is 0.133. The van der Waals surface area contributed by atoms with E-state index < -0.39 is 12.0 Å². The number of amides is 1. The average Bonchev–Trinajstić information content (AvgIpc) is 2.41. The van der Waals surface area contributed by atoms with Crippen molar-refractivity contribution in [1.82, 2.24) is 0 Å². The van der Waals surface area contributed by atoms with Crippen molar-refractivity contribution in [2.24, 2.45) is 5.73 Å². The van der Waals surface area contributed by atoms with Gasteiger partial charge < -0.3 is 15.6 Å². The second kappa shape index (κ2) is 6.07. The quantitative estimate of drug-likeness (QED) is 0.899. The Morgan fingerprint density at radius 2 is 1.90 bits per heavy atom. The van der Waals surface area contributed by atoms with Gasteiger partial charge >= 0.3 is 0 Å². The number of aliphatic hydroxyl groups is 1. The molecule has 104 valence electrons. The van der Waals surface area contributed by atoms with Crippen LogP contribution >= 0.6 is 15.9 Å². The third kappa shape index (κ3) is 3.37. The summed E-state index contributed by atoms with van der Waals surface area (Å²) in [5.74, 6) is 0.751. The van der Waals surface area contributed by atoms with E-state index in [2.05, 4.69) is 15.9 Å². The van der Waals surface area contributed by atoms with Crippen LogP contribution in [0.1, 0.15) is 28.9 Å². The highest BCUT2D eigenvalue weighted by Crippen LogP contribution is 2.32. The molecule has 5 heteroatoms. The van der Waals surface area contributed by atoms with Crippen LogP contribution in [0.15, 0.2) is 46.9 Å². The summed E-state index contributed by atoms with van der Waals surface area (Å²) in [7, 11) is 0. The second-order valence-electron chi connectivity index (χ2n) is 4.36. The fourth-order valence-corrected chi connectivity index (χ4v) is 2.15. The molecule has 2 aromatic rings. The second-order valence-corrected chi connectivity index (χ2v) is 5.21. The Kier molecular flexibility index (Phi) is 4.42. The van der Waals surface area contributed by atoms with Crippen LogP contribution in [-0.4, -0.2) is 11.0 Å². The molecule has 1 amide bonds. The maximum absolute atomic E-state index is 11.0. The van der Waals surface area contributed by atoms with Crippen molar-refractivity contribution in [3.8, 4) is 11.5 Å². The van der Waals surface area contributed by atoms with Crippen molar-refractivity contribution in [3.63, 3.8) is 0 Å². The molecule has 0 heterocycles. The third-order valence-electron chi connectivity index (χ3n) is 2.80. The molecule has 0 aliphatic rings. The predicted molar refractivity (Wildman–Crippen MR) is 79.8 cm³/mol. The van der Waals surface area contributed by atoms with Gasteiger partial charge in [0.25, 0.3) is 0 Å². The molecule has 0 aliphatic heterocycles. The maximum atomic E-state index is 11.0. The zero-order valence-electron chi connectivity index (χ0n) is 10.8. The van der Waals surface area contributed by atoms with E-state index in [0.29, 0.717) is 17.1 Å². The summed E-state index contributed by atoms with van der Waals surface area (Å²) in [6.45, 7) is 1.70. The third-order valence-corrected chi connectivity index (χ3v) is 3.42. The highest BCUT2D eigenvalue weighted by Gasteiger charge is 2.08. The number of hydrogen-bond donors (Lipinski definition) is 2. The standard InChI is InChI=1S/C15H14BrNO3/c1-9(18)11-4-7-14(13(16)8-11)20-12-5-2-10(3-6-12)15(17)19/h2-9,18H,1H3,(H2,17,19)/t9-/m0/s1. The lowest BCUT2D eigenvalue weighted by atomic mass is 10.1. The van der Waals surface area contributed by atoms with Crippen molar-refractivity contribution in [2.45, 2.75) is 13.0 Å². The van der Waals surface area contributed by atoms with Crippen LogP contribution in [0.5, 0.6) is 11.5 Å². The monoisotopic (exact) mass is 335 g/mol. The number of benzene rings is 2. The predicted octanol–water partition coefficient (Wildman–Crippen LogP) is 3.39.